The summed E-state index contributed by atoms with van der Waals surface area (Å²) in [5.41, 5.74) is 8.95. The lowest BCUT2D eigenvalue weighted by atomic mass is 10.1. The number of anilines is 1. The first-order valence-corrected chi connectivity index (χ1v) is 10.1. The molecule has 0 spiro atoms. The number of hydrogen-bond donors (Lipinski definition) is 3. The Hall–Kier alpha value is -4.30. The number of nitrogens with zero attached hydrogens (tertiary/aromatic N) is 3. The van der Waals surface area contributed by atoms with E-state index in [0.29, 0.717) is 35.7 Å². The molecule has 2 heterocycles. The van der Waals surface area contributed by atoms with Gasteiger partial charge in [0, 0.05) is 23.5 Å². The Labute approximate surface area is 201 Å². The van der Waals surface area contributed by atoms with E-state index in [2.05, 4.69) is 44.9 Å². The van der Waals surface area contributed by atoms with Crippen molar-refractivity contribution in [2.75, 3.05) is 12.4 Å². The van der Waals surface area contributed by atoms with Crippen LogP contribution in [0.15, 0.2) is 60.1 Å². The molecule has 4 N–H and O–H groups in total. The van der Waals surface area contributed by atoms with Gasteiger partial charge in [-0.2, -0.15) is 5.10 Å². The van der Waals surface area contributed by atoms with Crippen molar-refractivity contribution in [2.45, 2.75) is 41.5 Å². The maximum absolute atomic E-state index is 13.5. The summed E-state index contributed by atoms with van der Waals surface area (Å²) in [5.74, 6) is 7.95. The van der Waals surface area contributed by atoms with Gasteiger partial charge in [0.2, 0.25) is 0 Å². The van der Waals surface area contributed by atoms with Crippen molar-refractivity contribution in [1.29, 1.82) is 0 Å². The first-order chi connectivity index (χ1) is 15.9. The van der Waals surface area contributed by atoms with Gasteiger partial charge in [-0.05, 0) is 51.8 Å². The summed E-state index contributed by atoms with van der Waals surface area (Å²) in [7, 11) is 0. The van der Waals surface area contributed by atoms with Crippen LogP contribution in [0.3, 0.4) is 0 Å². The summed E-state index contributed by atoms with van der Waals surface area (Å²) >= 11 is 0. The highest BCUT2D eigenvalue weighted by atomic mass is 19.1. The Kier molecular flexibility index (Phi) is 14.3. The maximum Gasteiger partial charge on any atom is 0.151 e. The van der Waals surface area contributed by atoms with Crippen LogP contribution in [0, 0.1) is 24.2 Å². The molecule has 2 rings (SSSR count). The smallest absolute Gasteiger partial charge is 0.151 e. The van der Waals surface area contributed by atoms with Gasteiger partial charge in [0.1, 0.15) is 17.7 Å². The Balaban J connectivity index is 0.00000258. The third-order valence-electron chi connectivity index (χ3n) is 4.13. The SMILES string of the molecule is C.C#CC.CC#C/C=C(\C=C/Cc1c(C=O)cn2ncnc(N)c12)NCNC(/C=C\C)=C(/C)F. The quantitative estimate of drug-likeness (QED) is 0.221. The number of nitrogens with one attached hydrogen (secondary N) is 2. The zero-order chi connectivity index (χ0) is 24.6. The molecule has 180 valence electrons. The van der Waals surface area contributed by atoms with E-state index in [1.807, 2.05) is 19.1 Å². The van der Waals surface area contributed by atoms with E-state index in [4.69, 9.17) is 5.73 Å². The standard InChI is InChI=1S/C22H25FN6O.C3H4.CH4/c1-4-6-9-18(25-14-26-20(8-5-2)16(3)23)10-7-11-19-17(13-30)12-29-21(19)22(24)27-15-28-29;1-3-2;/h5,7-10,12-13,15,25-26H,11,14H2,1-3H3,(H2,24,27,28);1H,2H3;1H4/b8-5-,10-7-,18-9+,20-16-;;. The lowest BCUT2D eigenvalue weighted by Gasteiger charge is -2.11. The molecule has 0 aliphatic rings. The number of fused-ring (bicyclic) bond motifs is 1. The topological polar surface area (TPSA) is 97.3 Å². The number of halogens is 1. The second-order valence-corrected chi connectivity index (χ2v) is 6.49. The van der Waals surface area contributed by atoms with Gasteiger partial charge in [-0.25, -0.2) is 13.9 Å². The van der Waals surface area contributed by atoms with E-state index < -0.39 is 0 Å². The summed E-state index contributed by atoms with van der Waals surface area (Å²) in [6.07, 6.45) is 17.6. The largest absolute Gasteiger partial charge is 0.382 e. The van der Waals surface area contributed by atoms with Crippen LogP contribution in [0.4, 0.5) is 10.2 Å². The van der Waals surface area contributed by atoms with Gasteiger partial charge < -0.3 is 16.4 Å². The summed E-state index contributed by atoms with van der Waals surface area (Å²) in [6, 6.07) is 0. The lowest BCUT2D eigenvalue weighted by Crippen LogP contribution is -2.27. The van der Waals surface area contributed by atoms with Crippen LogP contribution in [0.1, 0.15) is 51.0 Å². The molecule has 0 aromatic carbocycles. The predicted molar refractivity (Wildman–Crippen MR) is 138 cm³/mol. The highest BCUT2D eigenvalue weighted by molar-refractivity contribution is 5.85. The van der Waals surface area contributed by atoms with E-state index in [0.717, 1.165) is 17.5 Å². The third kappa shape index (κ3) is 9.05. The van der Waals surface area contributed by atoms with Gasteiger partial charge in [-0.15, -0.1) is 18.3 Å². The van der Waals surface area contributed by atoms with Gasteiger partial charge in [0.15, 0.2) is 12.1 Å². The molecule has 0 aliphatic heterocycles. The number of aldehydes is 1. The summed E-state index contributed by atoms with van der Waals surface area (Å²) in [5, 5.41) is 10.2. The first-order valence-electron chi connectivity index (χ1n) is 10.1. The fourth-order valence-corrected chi connectivity index (χ4v) is 2.75. The zero-order valence-electron chi connectivity index (χ0n) is 19.3. The highest BCUT2D eigenvalue weighted by Gasteiger charge is 2.13. The molecule has 7 nitrogen and oxygen atoms in total. The van der Waals surface area contributed by atoms with E-state index in [9.17, 15) is 9.18 Å². The molecule has 0 bridgehead atoms. The number of nitrogen functional groups attached to an aromatic ring is 1. The third-order valence-corrected chi connectivity index (χ3v) is 4.13. The minimum Gasteiger partial charge on any atom is -0.382 e. The molecule has 34 heavy (non-hydrogen) atoms. The molecule has 8 heteroatoms. The molecular weight excluding hydrogens is 431 g/mol. The molecule has 0 radical (unpaired) electrons. The number of allylic oxidation sites excluding steroid dienone is 6. The Morgan fingerprint density at radius 1 is 1.32 bits per heavy atom. The first kappa shape index (κ1) is 29.7. The Morgan fingerprint density at radius 3 is 2.62 bits per heavy atom. The van der Waals surface area contributed by atoms with Crippen LogP contribution in [-0.2, 0) is 6.42 Å². The average molecular weight is 465 g/mol. The molecule has 0 aliphatic carbocycles. The van der Waals surface area contributed by atoms with Crippen molar-refractivity contribution in [3.05, 3.63) is 71.3 Å². The van der Waals surface area contributed by atoms with E-state index in [1.165, 1.54) is 13.3 Å². The number of carbonyl (C=O) groups excluding carboxylic acids is 1. The molecule has 0 unspecified atom stereocenters. The Bertz CT molecular complexity index is 1170. The zero-order valence-corrected chi connectivity index (χ0v) is 19.3. The van der Waals surface area contributed by atoms with E-state index in [-0.39, 0.29) is 13.3 Å². The van der Waals surface area contributed by atoms with Crippen molar-refractivity contribution in [1.82, 2.24) is 25.2 Å². The molecule has 0 fully saturated rings. The molecule has 0 atom stereocenters. The lowest BCUT2D eigenvalue weighted by molar-refractivity contribution is 0.112. The number of aromatic nitrogens is 3. The van der Waals surface area contributed by atoms with Crippen molar-refractivity contribution in [3.63, 3.8) is 0 Å². The normalized spacial score (nSPS) is 11.5. The molecule has 2 aromatic rings. The van der Waals surface area contributed by atoms with Gasteiger partial charge in [0.05, 0.1) is 12.4 Å². The second-order valence-electron chi connectivity index (χ2n) is 6.49. The van der Waals surface area contributed by atoms with Gasteiger partial charge in [0.25, 0.3) is 0 Å². The van der Waals surface area contributed by atoms with E-state index >= 15 is 0 Å². The predicted octanol–water partition coefficient (Wildman–Crippen LogP) is 4.32. The van der Waals surface area contributed by atoms with Crippen LogP contribution < -0.4 is 16.4 Å². The average Bonchev–Trinajstić information content (AvgIpc) is 3.15. The molecule has 0 saturated carbocycles. The monoisotopic (exact) mass is 464 g/mol. The fourth-order valence-electron chi connectivity index (χ4n) is 2.75. The summed E-state index contributed by atoms with van der Waals surface area (Å²) in [4.78, 5) is 15.4. The summed E-state index contributed by atoms with van der Waals surface area (Å²) < 4.78 is 15.1. The number of hydrogen-bond acceptors (Lipinski definition) is 6. The number of nitrogens with two attached hydrogens (primary N) is 1. The molecule has 0 saturated heterocycles. The molecule has 2 aromatic heterocycles. The minimum absolute atomic E-state index is 0. The van der Waals surface area contributed by atoms with Crippen molar-refractivity contribution in [2.24, 2.45) is 0 Å². The number of terminal acetylenes is 1. The van der Waals surface area contributed by atoms with Gasteiger partial charge >= 0.3 is 0 Å². The van der Waals surface area contributed by atoms with Gasteiger partial charge in [-0.1, -0.05) is 25.5 Å². The minimum atomic E-state index is -0.300. The van der Waals surface area contributed by atoms with Crippen LogP contribution in [0.5, 0.6) is 0 Å². The Morgan fingerprint density at radius 2 is 2.03 bits per heavy atom. The summed E-state index contributed by atoms with van der Waals surface area (Å²) in [6.45, 7) is 6.91. The van der Waals surface area contributed by atoms with Crippen molar-refractivity contribution < 1.29 is 9.18 Å². The van der Waals surface area contributed by atoms with Crippen LogP contribution >= 0.6 is 0 Å². The van der Waals surface area contributed by atoms with Crippen molar-refractivity contribution in [3.8, 4) is 24.2 Å². The second kappa shape index (κ2) is 16.3. The number of carbonyl (C=O) groups is 1. The van der Waals surface area contributed by atoms with Gasteiger partial charge in [-0.3, -0.25) is 4.79 Å². The molecular formula is C26H33FN6O. The van der Waals surface area contributed by atoms with Crippen LogP contribution in [0.25, 0.3) is 5.52 Å². The maximum atomic E-state index is 13.5. The molecule has 0 amide bonds. The number of rotatable bonds is 9. The highest BCUT2D eigenvalue weighted by Crippen LogP contribution is 2.21. The fraction of sp³-hybridized carbons (Fsp3) is 0.269. The van der Waals surface area contributed by atoms with Crippen LogP contribution in [-0.4, -0.2) is 27.6 Å². The van der Waals surface area contributed by atoms with Crippen molar-refractivity contribution >= 4 is 17.6 Å². The van der Waals surface area contributed by atoms with E-state index in [1.54, 1.807) is 42.8 Å². The van der Waals surface area contributed by atoms with Crippen LogP contribution in [0.2, 0.25) is 0 Å².